The molecule has 3 N–H and O–H groups in total. The minimum Gasteiger partial charge on any atom is -0.465 e. The third kappa shape index (κ3) is 24.1. The van der Waals surface area contributed by atoms with Gasteiger partial charge in [0, 0.05) is 6.92 Å². The monoisotopic (exact) mass is 172 g/mol. The molecule has 5 heteroatoms. The Morgan fingerprint density at radius 1 is 1.25 bits per heavy atom. The maximum atomic E-state index is 9.86. The molecule has 0 spiro atoms. The van der Waals surface area contributed by atoms with E-state index in [1.807, 2.05) is 5.32 Å². The molecular weight excluding hydrogens is 160 g/mol. The minimum atomic E-state index is -1.08. The fourth-order valence-corrected chi connectivity index (χ4v) is 0.231. The molecule has 2 amide bonds. The number of hydrogen-bond acceptors (Lipinski definition) is 2. The highest BCUT2D eigenvalue weighted by atomic mass is 16.4. The molecule has 0 aliphatic carbocycles. The zero-order chi connectivity index (χ0) is 9.98. The van der Waals surface area contributed by atoms with Gasteiger partial charge in [-0.1, -0.05) is 13.2 Å². The van der Waals surface area contributed by atoms with Gasteiger partial charge in [0.1, 0.15) is 0 Å². The number of carbonyl (C=O) groups excluding carboxylic acids is 1. The van der Waals surface area contributed by atoms with Crippen LogP contribution in [0.1, 0.15) is 6.92 Å². The number of amides is 2. The first-order valence-electron chi connectivity index (χ1n) is 3.03. The summed E-state index contributed by atoms with van der Waals surface area (Å²) < 4.78 is 0. The maximum absolute atomic E-state index is 9.86. The van der Waals surface area contributed by atoms with Crippen LogP contribution >= 0.6 is 0 Å². The lowest BCUT2D eigenvalue weighted by Crippen LogP contribution is -2.11. The third-order valence-electron chi connectivity index (χ3n) is 0.531. The molecule has 0 unspecified atom stereocenters. The van der Waals surface area contributed by atoms with Crippen LogP contribution in [0.4, 0.5) is 4.79 Å². The van der Waals surface area contributed by atoms with E-state index in [-0.39, 0.29) is 5.91 Å². The van der Waals surface area contributed by atoms with Crippen LogP contribution in [0.2, 0.25) is 0 Å². The Morgan fingerprint density at radius 2 is 1.67 bits per heavy atom. The predicted molar refractivity (Wildman–Crippen MR) is 45.4 cm³/mol. The Hall–Kier alpha value is -1.78. The molecule has 68 valence electrons. The molecule has 0 aromatic heterocycles. The molecule has 0 aliphatic heterocycles. The molecule has 0 saturated heterocycles. The van der Waals surface area contributed by atoms with Gasteiger partial charge in [-0.15, -0.1) is 0 Å². The number of rotatable bonds is 2. The van der Waals surface area contributed by atoms with Gasteiger partial charge < -0.3 is 10.4 Å². The summed E-state index contributed by atoms with van der Waals surface area (Å²) in [6, 6.07) is 0. The molecule has 0 aromatic rings. The molecule has 5 nitrogen and oxygen atoms in total. The molecule has 0 rings (SSSR count). The number of hydrogen-bond donors (Lipinski definition) is 3. The van der Waals surface area contributed by atoms with Gasteiger partial charge in [-0.05, 0) is 12.4 Å². The Labute approximate surface area is 70.8 Å². The van der Waals surface area contributed by atoms with Crippen LogP contribution in [0.25, 0.3) is 0 Å². The summed E-state index contributed by atoms with van der Waals surface area (Å²) in [5, 5.41) is 12.0. The van der Waals surface area contributed by atoms with Gasteiger partial charge in [0.25, 0.3) is 0 Å². The van der Waals surface area contributed by atoms with Crippen LogP contribution in [0.5, 0.6) is 0 Å². The number of nitrogens with one attached hydrogen (secondary N) is 2. The Balaban J connectivity index is 0. The van der Waals surface area contributed by atoms with Crippen LogP contribution in [-0.2, 0) is 4.79 Å². The van der Waals surface area contributed by atoms with E-state index < -0.39 is 6.09 Å². The summed E-state index contributed by atoms with van der Waals surface area (Å²) in [4.78, 5) is 19.3. The summed E-state index contributed by atoms with van der Waals surface area (Å²) in [6.45, 7) is 7.81. The standard InChI is InChI=1S/C4H7NO.C3H5NO2/c1-3-5-4(2)6;1-2-4-3(5)6/h3H,1H2,2H3,(H,5,6);2,4H,1H2,(H,5,6). The molecule has 0 saturated carbocycles. The largest absolute Gasteiger partial charge is 0.465 e. The zero-order valence-corrected chi connectivity index (χ0v) is 6.83. The average Bonchev–Trinajstić information content (AvgIpc) is 1.87. The van der Waals surface area contributed by atoms with Gasteiger partial charge in [-0.2, -0.15) is 0 Å². The van der Waals surface area contributed by atoms with Crippen molar-refractivity contribution in [3.05, 3.63) is 25.6 Å². The molecule has 0 aromatic carbocycles. The third-order valence-corrected chi connectivity index (χ3v) is 0.531. The van der Waals surface area contributed by atoms with Crippen molar-refractivity contribution in [2.24, 2.45) is 0 Å². The maximum Gasteiger partial charge on any atom is 0.408 e. The summed E-state index contributed by atoms with van der Waals surface area (Å²) >= 11 is 0. The van der Waals surface area contributed by atoms with E-state index in [9.17, 15) is 9.59 Å². The second-order valence-electron chi connectivity index (χ2n) is 1.56. The van der Waals surface area contributed by atoms with E-state index in [4.69, 9.17) is 5.11 Å². The fourth-order valence-electron chi connectivity index (χ4n) is 0.231. The lowest BCUT2D eigenvalue weighted by atomic mass is 10.7. The quantitative estimate of drug-likeness (QED) is 0.572. The van der Waals surface area contributed by atoms with Crippen molar-refractivity contribution in [3.8, 4) is 0 Å². The van der Waals surface area contributed by atoms with Gasteiger partial charge in [0.2, 0.25) is 5.91 Å². The van der Waals surface area contributed by atoms with Crippen LogP contribution in [0, 0.1) is 0 Å². The highest BCUT2D eigenvalue weighted by Gasteiger charge is 1.80. The Morgan fingerprint density at radius 3 is 1.67 bits per heavy atom. The normalized spacial score (nSPS) is 6.75. The molecular formula is C7H12N2O3. The van der Waals surface area contributed by atoms with E-state index in [0.717, 1.165) is 6.20 Å². The molecule has 0 bridgehead atoms. The highest BCUT2D eigenvalue weighted by molar-refractivity contribution is 5.73. The topological polar surface area (TPSA) is 78.4 Å². The summed E-state index contributed by atoms with van der Waals surface area (Å²) in [6.07, 6.45) is 1.37. The Kier molecular flexibility index (Phi) is 9.88. The predicted octanol–water partition coefficient (Wildman–Crippen LogP) is 0.663. The van der Waals surface area contributed by atoms with E-state index in [0.29, 0.717) is 0 Å². The molecule has 0 aliphatic rings. The fraction of sp³-hybridized carbons (Fsp3) is 0.143. The number of carbonyl (C=O) groups is 2. The number of carboxylic acid groups (broad SMARTS) is 1. The first-order chi connectivity index (χ1) is 5.54. The molecule has 0 radical (unpaired) electrons. The van der Waals surface area contributed by atoms with E-state index in [2.05, 4.69) is 18.5 Å². The Bertz CT molecular complexity index is 157. The average molecular weight is 172 g/mol. The van der Waals surface area contributed by atoms with Crippen LogP contribution in [0.15, 0.2) is 25.6 Å². The molecule has 0 fully saturated rings. The lowest BCUT2D eigenvalue weighted by Gasteiger charge is -1.83. The van der Waals surface area contributed by atoms with Crippen LogP contribution < -0.4 is 10.6 Å². The van der Waals surface area contributed by atoms with Crippen molar-refractivity contribution < 1.29 is 14.7 Å². The van der Waals surface area contributed by atoms with Gasteiger partial charge in [-0.25, -0.2) is 4.79 Å². The van der Waals surface area contributed by atoms with Crippen molar-refractivity contribution in [1.82, 2.24) is 10.6 Å². The van der Waals surface area contributed by atoms with Crippen molar-refractivity contribution in [2.45, 2.75) is 6.92 Å². The van der Waals surface area contributed by atoms with Gasteiger partial charge in [0.15, 0.2) is 0 Å². The summed E-state index contributed by atoms with van der Waals surface area (Å²) in [5.41, 5.74) is 0. The molecule has 0 atom stereocenters. The highest BCUT2D eigenvalue weighted by Crippen LogP contribution is 1.54. The van der Waals surface area contributed by atoms with Crippen molar-refractivity contribution in [2.75, 3.05) is 0 Å². The van der Waals surface area contributed by atoms with Crippen LogP contribution in [0.3, 0.4) is 0 Å². The minimum absolute atomic E-state index is 0.0787. The van der Waals surface area contributed by atoms with E-state index in [1.165, 1.54) is 13.1 Å². The van der Waals surface area contributed by atoms with E-state index >= 15 is 0 Å². The van der Waals surface area contributed by atoms with Crippen molar-refractivity contribution in [3.63, 3.8) is 0 Å². The second kappa shape index (κ2) is 9.22. The smallest absolute Gasteiger partial charge is 0.408 e. The van der Waals surface area contributed by atoms with Crippen molar-refractivity contribution >= 4 is 12.0 Å². The van der Waals surface area contributed by atoms with Gasteiger partial charge in [-0.3, -0.25) is 10.1 Å². The zero-order valence-electron chi connectivity index (χ0n) is 6.83. The van der Waals surface area contributed by atoms with Gasteiger partial charge in [0.05, 0.1) is 0 Å². The first kappa shape index (κ1) is 12.9. The first-order valence-corrected chi connectivity index (χ1v) is 3.03. The molecule has 0 heterocycles. The van der Waals surface area contributed by atoms with Gasteiger partial charge >= 0.3 is 6.09 Å². The summed E-state index contributed by atoms with van der Waals surface area (Å²) in [7, 11) is 0. The summed E-state index contributed by atoms with van der Waals surface area (Å²) in [5.74, 6) is -0.0787. The van der Waals surface area contributed by atoms with Crippen molar-refractivity contribution in [1.29, 1.82) is 0 Å². The molecule has 12 heavy (non-hydrogen) atoms. The SMILES string of the molecule is C=CNC(=O)O.C=CNC(C)=O. The van der Waals surface area contributed by atoms with E-state index in [1.54, 1.807) is 0 Å². The second-order valence-corrected chi connectivity index (χ2v) is 1.56. The lowest BCUT2D eigenvalue weighted by molar-refractivity contribution is -0.118. The van der Waals surface area contributed by atoms with Crippen LogP contribution in [-0.4, -0.2) is 17.1 Å².